The van der Waals surface area contributed by atoms with Crippen molar-refractivity contribution in [3.63, 3.8) is 0 Å². The summed E-state index contributed by atoms with van der Waals surface area (Å²) in [5.74, 6) is -0.229. The van der Waals surface area contributed by atoms with Gasteiger partial charge in [0.25, 0.3) is 11.5 Å². The molecule has 2 aromatic heterocycles. The van der Waals surface area contributed by atoms with E-state index in [1.807, 2.05) is 31.4 Å². The van der Waals surface area contributed by atoms with E-state index in [1.54, 1.807) is 23.0 Å². The molecule has 2 heterocycles. The van der Waals surface area contributed by atoms with Crippen molar-refractivity contribution in [2.75, 3.05) is 0 Å². The molecule has 1 fully saturated rings. The van der Waals surface area contributed by atoms with Gasteiger partial charge >= 0.3 is 0 Å². The van der Waals surface area contributed by atoms with Crippen molar-refractivity contribution in [1.82, 2.24) is 24.9 Å². The van der Waals surface area contributed by atoms with Crippen LogP contribution in [0, 0.1) is 5.92 Å². The van der Waals surface area contributed by atoms with Gasteiger partial charge in [0.05, 0.1) is 24.0 Å². The number of aliphatic hydroxyl groups excluding tert-OH is 1. The number of hydrogen-bond acceptors (Lipinski definition) is 4. The Morgan fingerprint density at radius 1 is 1.33 bits per heavy atom. The molecule has 1 aromatic carbocycles. The number of nitrogens with one attached hydrogen (secondary N) is 2. The highest BCUT2D eigenvalue weighted by molar-refractivity contribution is 5.92. The normalized spacial score (nSPS) is 20.1. The third-order valence-corrected chi connectivity index (χ3v) is 4.97. The Kier molecular flexibility index (Phi) is 4.41. The zero-order valence-electron chi connectivity index (χ0n) is 14.9. The molecule has 8 nitrogen and oxygen atoms in total. The summed E-state index contributed by atoms with van der Waals surface area (Å²) in [6.07, 6.45) is 4.49. The van der Waals surface area contributed by atoms with Crippen LogP contribution >= 0.6 is 0 Å². The third-order valence-electron chi connectivity index (χ3n) is 4.97. The first-order valence-corrected chi connectivity index (χ1v) is 8.86. The molecule has 4 rings (SSSR count). The fourth-order valence-electron chi connectivity index (χ4n) is 3.48. The van der Waals surface area contributed by atoms with Crippen LogP contribution in [0.3, 0.4) is 0 Å². The van der Waals surface area contributed by atoms with Gasteiger partial charge in [-0.15, -0.1) is 0 Å². The van der Waals surface area contributed by atoms with E-state index in [0.29, 0.717) is 18.5 Å². The molecule has 0 bridgehead atoms. The van der Waals surface area contributed by atoms with E-state index < -0.39 is 0 Å². The molecule has 0 aliphatic heterocycles. The molecule has 140 valence electrons. The summed E-state index contributed by atoms with van der Waals surface area (Å²) in [6.45, 7) is 0. The minimum absolute atomic E-state index is 0.135. The maximum absolute atomic E-state index is 12.8. The fourth-order valence-corrected chi connectivity index (χ4v) is 3.48. The molecular formula is C19H21N5O3. The maximum Gasteiger partial charge on any atom is 0.271 e. The number of amides is 1. The first-order chi connectivity index (χ1) is 13.0. The van der Waals surface area contributed by atoms with Crippen molar-refractivity contribution in [2.45, 2.75) is 25.0 Å². The molecular weight excluding hydrogens is 346 g/mol. The Labute approximate surface area is 155 Å². The zero-order chi connectivity index (χ0) is 19.0. The number of aryl methyl sites for hydroxylation is 1. The lowest BCUT2D eigenvalue weighted by atomic mass is 9.75. The topological polar surface area (TPSA) is 105 Å². The molecule has 0 radical (unpaired) electrons. The quantitative estimate of drug-likeness (QED) is 0.629. The molecule has 3 aromatic rings. The van der Waals surface area contributed by atoms with E-state index in [4.69, 9.17) is 0 Å². The number of hydrogen-bond donors (Lipinski definition) is 3. The minimum Gasteiger partial charge on any atom is -0.393 e. The molecule has 27 heavy (non-hydrogen) atoms. The Hall–Kier alpha value is -3.13. The Balaban J connectivity index is 1.57. The van der Waals surface area contributed by atoms with Gasteiger partial charge in [-0.05, 0) is 30.9 Å². The third kappa shape index (κ3) is 3.43. The number of benzene rings is 1. The average Bonchev–Trinajstić information content (AvgIpc) is 3.24. The largest absolute Gasteiger partial charge is 0.393 e. The Bertz CT molecular complexity index is 998. The minimum atomic E-state index is -0.364. The van der Waals surface area contributed by atoms with Crippen molar-refractivity contribution < 1.29 is 9.90 Å². The van der Waals surface area contributed by atoms with Gasteiger partial charge in [0, 0.05) is 24.9 Å². The van der Waals surface area contributed by atoms with Crippen molar-refractivity contribution in [1.29, 1.82) is 0 Å². The lowest BCUT2D eigenvalue weighted by molar-refractivity contribution is 0.0234. The first-order valence-electron chi connectivity index (χ1n) is 8.86. The SMILES string of the molecule is Cn1cc(C(NC(=O)c2cc(=O)n(-c3ccccc3)[nH]2)C2CC(O)C2)cn1. The lowest BCUT2D eigenvalue weighted by Gasteiger charge is -2.37. The van der Waals surface area contributed by atoms with E-state index in [1.165, 1.54) is 10.7 Å². The molecule has 0 saturated heterocycles. The summed E-state index contributed by atoms with van der Waals surface area (Å²) < 4.78 is 3.01. The molecule has 1 aliphatic carbocycles. The Morgan fingerprint density at radius 3 is 2.70 bits per heavy atom. The van der Waals surface area contributed by atoms with Gasteiger partial charge in [0.1, 0.15) is 5.69 Å². The van der Waals surface area contributed by atoms with Crippen LogP contribution in [-0.4, -0.2) is 36.7 Å². The van der Waals surface area contributed by atoms with Crippen LogP contribution in [0.25, 0.3) is 5.69 Å². The second kappa shape index (κ2) is 6.88. The summed E-state index contributed by atoms with van der Waals surface area (Å²) in [6, 6.07) is 10.1. The second-order valence-corrected chi connectivity index (χ2v) is 6.96. The van der Waals surface area contributed by atoms with E-state index in [9.17, 15) is 14.7 Å². The molecule has 1 amide bonds. The Morgan fingerprint density at radius 2 is 2.07 bits per heavy atom. The number of aromatic nitrogens is 4. The zero-order valence-corrected chi connectivity index (χ0v) is 14.9. The van der Waals surface area contributed by atoms with E-state index in [-0.39, 0.29) is 35.2 Å². The predicted molar refractivity (Wildman–Crippen MR) is 98.5 cm³/mol. The van der Waals surface area contributed by atoms with Crippen LogP contribution in [0.15, 0.2) is 53.6 Å². The maximum atomic E-state index is 12.8. The highest BCUT2D eigenvalue weighted by Gasteiger charge is 2.36. The van der Waals surface area contributed by atoms with Crippen LogP contribution in [-0.2, 0) is 7.05 Å². The van der Waals surface area contributed by atoms with Crippen molar-refractivity contribution in [3.05, 3.63) is 70.4 Å². The van der Waals surface area contributed by atoms with Gasteiger partial charge in [-0.2, -0.15) is 5.10 Å². The smallest absolute Gasteiger partial charge is 0.271 e. The van der Waals surface area contributed by atoms with Gasteiger partial charge in [-0.3, -0.25) is 19.4 Å². The highest BCUT2D eigenvalue weighted by atomic mass is 16.3. The van der Waals surface area contributed by atoms with Crippen LogP contribution in [0.2, 0.25) is 0 Å². The average molecular weight is 367 g/mol. The molecule has 0 spiro atoms. The fraction of sp³-hybridized carbons (Fsp3) is 0.316. The molecule has 1 atom stereocenters. The van der Waals surface area contributed by atoms with Crippen LogP contribution in [0.1, 0.15) is 34.9 Å². The van der Waals surface area contributed by atoms with Gasteiger partial charge in [-0.25, -0.2) is 4.68 Å². The summed E-state index contributed by atoms with van der Waals surface area (Å²) in [5, 5.41) is 19.7. The molecule has 1 unspecified atom stereocenters. The first kappa shape index (κ1) is 17.3. The van der Waals surface area contributed by atoms with Gasteiger partial charge in [0.15, 0.2) is 0 Å². The van der Waals surface area contributed by atoms with Gasteiger partial charge in [0.2, 0.25) is 0 Å². The van der Waals surface area contributed by atoms with Crippen molar-refractivity contribution in [3.8, 4) is 5.69 Å². The van der Waals surface area contributed by atoms with Gasteiger partial charge < -0.3 is 10.4 Å². The van der Waals surface area contributed by atoms with E-state index in [0.717, 1.165) is 5.56 Å². The lowest BCUT2D eigenvalue weighted by Crippen LogP contribution is -2.41. The second-order valence-electron chi connectivity index (χ2n) is 6.96. The number of para-hydroxylation sites is 1. The van der Waals surface area contributed by atoms with Crippen LogP contribution in [0.5, 0.6) is 0 Å². The number of rotatable bonds is 5. The summed E-state index contributed by atoms with van der Waals surface area (Å²) in [7, 11) is 1.81. The van der Waals surface area contributed by atoms with E-state index >= 15 is 0 Å². The van der Waals surface area contributed by atoms with Gasteiger partial charge in [-0.1, -0.05) is 18.2 Å². The molecule has 1 saturated carbocycles. The molecule has 8 heteroatoms. The standard InChI is InChI=1S/C19H21N5O3/c1-23-11-13(10-20-23)18(12-7-15(25)8-12)21-19(27)16-9-17(26)24(22-16)14-5-3-2-4-6-14/h2-6,9-12,15,18,22,25H,7-8H2,1H3,(H,21,27). The van der Waals surface area contributed by atoms with Crippen LogP contribution in [0.4, 0.5) is 0 Å². The van der Waals surface area contributed by atoms with Crippen molar-refractivity contribution in [2.24, 2.45) is 13.0 Å². The number of carbonyl (C=O) groups is 1. The summed E-state index contributed by atoms with van der Waals surface area (Å²) in [4.78, 5) is 25.0. The number of H-pyrrole nitrogens is 1. The van der Waals surface area contributed by atoms with Crippen LogP contribution < -0.4 is 10.9 Å². The highest BCUT2D eigenvalue weighted by Crippen LogP contribution is 2.38. The number of aromatic amines is 1. The monoisotopic (exact) mass is 367 g/mol. The van der Waals surface area contributed by atoms with Crippen molar-refractivity contribution >= 4 is 5.91 Å². The van der Waals surface area contributed by atoms with E-state index in [2.05, 4.69) is 15.5 Å². The molecule has 3 N–H and O–H groups in total. The summed E-state index contributed by atoms with van der Waals surface area (Å²) >= 11 is 0. The molecule has 1 aliphatic rings. The summed E-state index contributed by atoms with van der Waals surface area (Å²) in [5.41, 5.74) is 1.43. The number of aliphatic hydroxyl groups is 1. The number of carbonyl (C=O) groups excluding carboxylic acids is 1. The number of nitrogens with zero attached hydrogens (tertiary/aromatic N) is 3. The predicted octanol–water partition coefficient (Wildman–Crippen LogP) is 1.14.